The summed E-state index contributed by atoms with van der Waals surface area (Å²) in [5, 5.41) is 4.49. The first-order valence-corrected chi connectivity index (χ1v) is 7.83. The van der Waals surface area contributed by atoms with E-state index in [1.807, 2.05) is 12.1 Å². The van der Waals surface area contributed by atoms with Gasteiger partial charge in [0.2, 0.25) is 0 Å². The smallest absolute Gasteiger partial charge is 0.0409 e. The number of hydrogen-bond acceptors (Lipinski definition) is 2. The fourth-order valence-corrected chi connectivity index (χ4v) is 3.24. The van der Waals surface area contributed by atoms with E-state index >= 15 is 0 Å². The summed E-state index contributed by atoms with van der Waals surface area (Å²) in [5.41, 5.74) is 1.28. The zero-order chi connectivity index (χ0) is 13.2. The Labute approximate surface area is 121 Å². The second kappa shape index (κ2) is 5.82. The van der Waals surface area contributed by atoms with Crippen molar-refractivity contribution in [2.45, 2.75) is 38.3 Å². The molecule has 0 spiro atoms. The largest absolute Gasteiger partial charge is 0.310 e. The predicted molar refractivity (Wildman–Crippen MR) is 80.6 cm³/mol. The van der Waals surface area contributed by atoms with E-state index in [-0.39, 0.29) is 0 Å². The number of nitrogens with one attached hydrogen (secondary N) is 1. The van der Waals surface area contributed by atoms with Gasteiger partial charge >= 0.3 is 0 Å². The van der Waals surface area contributed by atoms with Gasteiger partial charge in [-0.15, -0.1) is 0 Å². The molecule has 1 saturated carbocycles. The van der Waals surface area contributed by atoms with Crippen LogP contribution in [0.15, 0.2) is 24.3 Å². The maximum atomic E-state index is 6.04. The molecule has 1 N–H and O–H groups in total. The Hall–Kier alpha value is -0.570. The van der Waals surface area contributed by atoms with Crippen LogP contribution in [0.1, 0.15) is 37.8 Å². The fraction of sp³-hybridized carbons (Fsp3) is 0.625. The molecule has 0 radical (unpaired) electrons. The molecule has 0 aromatic heterocycles. The molecule has 1 aromatic carbocycles. The maximum absolute atomic E-state index is 6.04. The molecule has 1 aliphatic carbocycles. The van der Waals surface area contributed by atoms with Crippen molar-refractivity contribution in [2.75, 3.05) is 19.6 Å². The summed E-state index contributed by atoms with van der Waals surface area (Å²) in [4.78, 5) is 2.68. The predicted octanol–water partition coefficient (Wildman–Crippen LogP) is 3.47. The van der Waals surface area contributed by atoms with Gasteiger partial charge in [-0.2, -0.15) is 0 Å². The van der Waals surface area contributed by atoms with Crippen LogP contribution in [0.25, 0.3) is 0 Å². The van der Waals surface area contributed by atoms with Crippen molar-refractivity contribution < 1.29 is 0 Å². The monoisotopic (exact) mass is 278 g/mol. The first-order valence-electron chi connectivity index (χ1n) is 7.45. The third-order valence-electron chi connectivity index (χ3n) is 4.44. The lowest BCUT2D eigenvalue weighted by atomic mass is 10.1. The van der Waals surface area contributed by atoms with E-state index in [1.165, 1.54) is 37.9 Å². The van der Waals surface area contributed by atoms with Crippen molar-refractivity contribution in [3.63, 3.8) is 0 Å². The molecule has 0 amide bonds. The van der Waals surface area contributed by atoms with Crippen LogP contribution in [-0.4, -0.2) is 30.6 Å². The third-order valence-corrected chi connectivity index (χ3v) is 4.68. The number of hydrogen-bond donors (Lipinski definition) is 1. The Bertz CT molecular complexity index is 431. The highest BCUT2D eigenvalue weighted by Crippen LogP contribution is 2.31. The lowest BCUT2D eigenvalue weighted by Crippen LogP contribution is -2.29. The molecule has 2 unspecified atom stereocenters. The number of halogens is 1. The highest BCUT2D eigenvalue weighted by Gasteiger charge is 2.34. The summed E-state index contributed by atoms with van der Waals surface area (Å²) >= 11 is 6.04. The van der Waals surface area contributed by atoms with Crippen LogP contribution in [0, 0.1) is 5.92 Å². The molecule has 1 heterocycles. The lowest BCUT2D eigenvalue weighted by molar-refractivity contribution is 0.310. The van der Waals surface area contributed by atoms with Gasteiger partial charge in [-0.05, 0) is 62.9 Å². The molecule has 2 fully saturated rings. The Kier molecular flexibility index (Phi) is 4.11. The maximum Gasteiger partial charge on any atom is 0.0409 e. The van der Waals surface area contributed by atoms with Gasteiger partial charge in [0, 0.05) is 23.7 Å². The zero-order valence-electron chi connectivity index (χ0n) is 11.6. The van der Waals surface area contributed by atoms with E-state index in [9.17, 15) is 0 Å². The number of likely N-dealkylation sites (tertiary alicyclic amines) is 1. The highest BCUT2D eigenvalue weighted by atomic mass is 35.5. The summed E-state index contributed by atoms with van der Waals surface area (Å²) in [6, 6.07) is 9.48. The molecule has 1 aliphatic heterocycles. The SMILES string of the molecule is CC(NCC1CCN(C2CC2)C1)c1cccc(Cl)c1. The third kappa shape index (κ3) is 3.50. The molecule has 2 nitrogen and oxygen atoms in total. The van der Waals surface area contributed by atoms with Crippen molar-refractivity contribution in [1.82, 2.24) is 10.2 Å². The van der Waals surface area contributed by atoms with Crippen molar-refractivity contribution in [2.24, 2.45) is 5.92 Å². The van der Waals surface area contributed by atoms with Crippen LogP contribution < -0.4 is 5.32 Å². The van der Waals surface area contributed by atoms with Crippen LogP contribution >= 0.6 is 11.6 Å². The molecule has 3 rings (SSSR count). The molecule has 2 atom stereocenters. The van der Waals surface area contributed by atoms with Gasteiger partial charge in [0.15, 0.2) is 0 Å². The molecule has 3 heteroatoms. The number of benzene rings is 1. The first kappa shape index (κ1) is 13.4. The zero-order valence-corrected chi connectivity index (χ0v) is 12.4. The number of rotatable bonds is 5. The van der Waals surface area contributed by atoms with E-state index in [4.69, 9.17) is 11.6 Å². The van der Waals surface area contributed by atoms with Crippen molar-refractivity contribution in [3.05, 3.63) is 34.9 Å². The minimum absolute atomic E-state index is 0.383. The summed E-state index contributed by atoms with van der Waals surface area (Å²) in [6.07, 6.45) is 4.21. The van der Waals surface area contributed by atoms with Crippen molar-refractivity contribution >= 4 is 11.6 Å². The van der Waals surface area contributed by atoms with Gasteiger partial charge in [0.1, 0.15) is 0 Å². The van der Waals surface area contributed by atoms with Gasteiger partial charge in [-0.3, -0.25) is 0 Å². The quantitative estimate of drug-likeness (QED) is 0.887. The number of nitrogens with zero attached hydrogens (tertiary/aromatic N) is 1. The molecular weight excluding hydrogens is 256 g/mol. The molecule has 1 aromatic rings. The summed E-state index contributed by atoms with van der Waals surface area (Å²) in [5.74, 6) is 0.822. The molecule has 19 heavy (non-hydrogen) atoms. The topological polar surface area (TPSA) is 15.3 Å². The van der Waals surface area contributed by atoms with Gasteiger partial charge in [0.05, 0.1) is 0 Å². The lowest BCUT2D eigenvalue weighted by Gasteiger charge is -2.19. The summed E-state index contributed by atoms with van der Waals surface area (Å²) in [6.45, 7) is 5.94. The Balaban J connectivity index is 1.46. The van der Waals surface area contributed by atoms with Gasteiger partial charge in [-0.1, -0.05) is 23.7 Å². The normalized spacial score (nSPS) is 25.7. The van der Waals surface area contributed by atoms with Gasteiger partial charge < -0.3 is 10.2 Å². The average molecular weight is 279 g/mol. The Morgan fingerprint density at radius 3 is 2.95 bits per heavy atom. The highest BCUT2D eigenvalue weighted by molar-refractivity contribution is 6.30. The van der Waals surface area contributed by atoms with Gasteiger partial charge in [-0.25, -0.2) is 0 Å². The second-order valence-corrected chi connectivity index (χ2v) is 6.50. The van der Waals surface area contributed by atoms with Crippen LogP contribution in [0.3, 0.4) is 0 Å². The van der Waals surface area contributed by atoms with Crippen LogP contribution in [-0.2, 0) is 0 Å². The first-order chi connectivity index (χ1) is 9.22. The minimum Gasteiger partial charge on any atom is -0.310 e. The molecule has 1 saturated heterocycles. The van der Waals surface area contributed by atoms with Crippen LogP contribution in [0.5, 0.6) is 0 Å². The standard InChI is InChI=1S/C16H23ClN2/c1-12(14-3-2-4-15(17)9-14)18-10-13-7-8-19(11-13)16-5-6-16/h2-4,9,12-13,16,18H,5-8,10-11H2,1H3. The molecule has 0 bridgehead atoms. The van der Waals surface area contributed by atoms with Crippen LogP contribution in [0.4, 0.5) is 0 Å². The van der Waals surface area contributed by atoms with Crippen molar-refractivity contribution in [1.29, 1.82) is 0 Å². The van der Waals surface area contributed by atoms with E-state index < -0.39 is 0 Å². The second-order valence-electron chi connectivity index (χ2n) is 6.07. The summed E-state index contributed by atoms with van der Waals surface area (Å²) < 4.78 is 0. The molecule has 2 aliphatic rings. The Morgan fingerprint density at radius 2 is 2.21 bits per heavy atom. The Morgan fingerprint density at radius 1 is 1.37 bits per heavy atom. The van der Waals surface area contributed by atoms with Crippen LogP contribution in [0.2, 0.25) is 5.02 Å². The average Bonchev–Trinajstić information content (AvgIpc) is 3.15. The van der Waals surface area contributed by atoms with E-state index in [1.54, 1.807) is 0 Å². The fourth-order valence-electron chi connectivity index (χ4n) is 3.04. The van der Waals surface area contributed by atoms with Crippen molar-refractivity contribution in [3.8, 4) is 0 Å². The molecular formula is C16H23ClN2. The van der Waals surface area contributed by atoms with E-state index in [0.717, 1.165) is 23.5 Å². The summed E-state index contributed by atoms with van der Waals surface area (Å²) in [7, 11) is 0. The van der Waals surface area contributed by atoms with E-state index in [0.29, 0.717) is 6.04 Å². The van der Waals surface area contributed by atoms with Gasteiger partial charge in [0.25, 0.3) is 0 Å². The minimum atomic E-state index is 0.383. The van der Waals surface area contributed by atoms with E-state index in [2.05, 4.69) is 29.3 Å². The molecule has 104 valence electrons.